The molecule has 1 aliphatic heterocycles. The van der Waals surface area contributed by atoms with E-state index in [0.717, 1.165) is 22.8 Å². The number of nitrogens with two attached hydrogens (primary N) is 1. The van der Waals surface area contributed by atoms with Crippen LogP contribution in [0.25, 0.3) is 11.3 Å². The Labute approximate surface area is 241 Å². The number of hydrogen-bond donors (Lipinski definition) is 1. The summed E-state index contributed by atoms with van der Waals surface area (Å²) in [5, 5.41) is 0. The number of ether oxygens (including phenoxy) is 1. The summed E-state index contributed by atoms with van der Waals surface area (Å²) in [6, 6.07) is 12.6. The van der Waals surface area contributed by atoms with Gasteiger partial charge in [0.15, 0.2) is 0 Å². The maximum absolute atomic E-state index is 13.8. The molecule has 1 aromatic heterocycles. The number of aromatic nitrogens is 1. The van der Waals surface area contributed by atoms with E-state index in [2.05, 4.69) is 0 Å². The summed E-state index contributed by atoms with van der Waals surface area (Å²) < 4.78 is 47.9. The van der Waals surface area contributed by atoms with Crippen molar-refractivity contribution in [2.45, 2.75) is 40.4 Å². The lowest BCUT2D eigenvalue weighted by atomic mass is 10.0. The fourth-order valence-corrected chi connectivity index (χ4v) is 4.81. The Morgan fingerprint density at radius 1 is 0.976 bits per heavy atom. The molecule has 0 bridgehead atoms. The molecule has 8 nitrogen and oxygen atoms in total. The van der Waals surface area contributed by atoms with Gasteiger partial charge in [-0.25, -0.2) is 4.79 Å². The molecule has 3 aromatic rings. The summed E-state index contributed by atoms with van der Waals surface area (Å²) in [5.74, 6) is 0.210. The van der Waals surface area contributed by atoms with Crippen LogP contribution in [0.3, 0.4) is 0 Å². The highest BCUT2D eigenvalue weighted by Gasteiger charge is 2.36. The first-order valence-corrected chi connectivity index (χ1v) is 13.5. The van der Waals surface area contributed by atoms with E-state index in [-0.39, 0.29) is 18.1 Å². The zero-order valence-corrected chi connectivity index (χ0v) is 23.9. The van der Waals surface area contributed by atoms with E-state index < -0.39 is 29.1 Å². The van der Waals surface area contributed by atoms with Crippen molar-refractivity contribution in [3.8, 4) is 11.3 Å². The van der Waals surface area contributed by atoms with Crippen LogP contribution in [0.15, 0.2) is 65.2 Å². The number of carbonyl (C=O) groups is 2. The molecule has 0 unspecified atom stereocenters. The van der Waals surface area contributed by atoms with Crippen molar-refractivity contribution in [3.05, 3.63) is 98.5 Å². The number of benzene rings is 2. The van der Waals surface area contributed by atoms with Crippen molar-refractivity contribution >= 4 is 17.7 Å². The predicted octanol–water partition coefficient (Wildman–Crippen LogP) is 5.60. The van der Waals surface area contributed by atoms with Crippen LogP contribution in [0.2, 0.25) is 0 Å². The van der Waals surface area contributed by atoms with Crippen LogP contribution in [0.1, 0.15) is 46.5 Å². The van der Waals surface area contributed by atoms with Crippen LogP contribution in [-0.4, -0.2) is 52.5 Å². The lowest BCUT2D eigenvalue weighted by Gasteiger charge is -2.34. The summed E-state index contributed by atoms with van der Waals surface area (Å²) in [4.78, 5) is 41.7. The highest BCUT2D eigenvalue weighted by Crippen LogP contribution is 2.35. The molecule has 4 rings (SSSR count). The Kier molecular flexibility index (Phi) is 8.79. The van der Waals surface area contributed by atoms with Gasteiger partial charge in [-0.3, -0.25) is 9.59 Å². The van der Waals surface area contributed by atoms with Gasteiger partial charge < -0.3 is 24.8 Å². The van der Waals surface area contributed by atoms with Gasteiger partial charge in [0.05, 0.1) is 17.8 Å². The van der Waals surface area contributed by atoms with Crippen LogP contribution in [-0.2, 0) is 17.5 Å². The van der Waals surface area contributed by atoms with E-state index in [1.165, 1.54) is 33.7 Å². The number of rotatable bonds is 5. The molecule has 2 N–H and O–H groups in total. The average molecular weight is 583 g/mol. The van der Waals surface area contributed by atoms with Crippen LogP contribution in [0.4, 0.5) is 23.7 Å². The molecule has 2 amide bonds. The third kappa shape index (κ3) is 6.50. The van der Waals surface area contributed by atoms with E-state index in [9.17, 15) is 27.6 Å². The molecule has 11 heteroatoms. The van der Waals surface area contributed by atoms with Crippen molar-refractivity contribution in [1.82, 2.24) is 14.4 Å². The second kappa shape index (κ2) is 12.1. The zero-order valence-electron chi connectivity index (χ0n) is 23.9. The topological polar surface area (TPSA) is 97.9 Å². The minimum atomic E-state index is -4.83. The summed E-state index contributed by atoms with van der Waals surface area (Å²) in [5.41, 5.74) is 6.03. The quantitative estimate of drug-likeness (QED) is 0.395. The second-order valence-electron chi connectivity index (χ2n) is 10.3. The number of aryl methyl sites for hydroxylation is 2. The molecule has 0 spiro atoms. The minimum Gasteiger partial charge on any atom is -0.415 e. The number of allylic oxidation sites excluding steroid dienone is 2. The van der Waals surface area contributed by atoms with Crippen LogP contribution in [0, 0.1) is 13.8 Å². The lowest BCUT2D eigenvalue weighted by molar-refractivity contribution is -0.137. The molecule has 1 fully saturated rings. The largest absolute Gasteiger partial charge is 0.418 e. The number of amides is 2. The fourth-order valence-electron chi connectivity index (χ4n) is 4.81. The summed E-state index contributed by atoms with van der Waals surface area (Å²) in [6.45, 7) is 8.45. The van der Waals surface area contributed by atoms with Crippen molar-refractivity contribution in [3.63, 3.8) is 0 Å². The molecular formula is C31H33F3N4O4. The van der Waals surface area contributed by atoms with E-state index in [1.807, 2.05) is 32.0 Å². The number of hydrogen-bond acceptors (Lipinski definition) is 5. The van der Waals surface area contributed by atoms with Gasteiger partial charge in [-0.05, 0) is 68.7 Å². The van der Waals surface area contributed by atoms with Crippen molar-refractivity contribution in [2.24, 2.45) is 0 Å². The Morgan fingerprint density at radius 2 is 1.60 bits per heavy atom. The molecule has 0 radical (unpaired) electrons. The number of carbonyl (C=O) groups excluding carboxylic acids is 2. The molecule has 1 aliphatic rings. The highest BCUT2D eigenvalue weighted by molar-refractivity contribution is 5.95. The summed E-state index contributed by atoms with van der Waals surface area (Å²) in [6.07, 6.45) is -3.62. The van der Waals surface area contributed by atoms with Gasteiger partial charge in [-0.2, -0.15) is 13.2 Å². The van der Waals surface area contributed by atoms with Gasteiger partial charge in [-0.1, -0.05) is 35.9 Å². The Bertz CT molecular complexity index is 1590. The second-order valence-corrected chi connectivity index (χ2v) is 10.3. The fraction of sp³-hybridized carbons (Fsp3) is 0.323. The van der Waals surface area contributed by atoms with E-state index in [0.29, 0.717) is 43.1 Å². The maximum Gasteiger partial charge on any atom is 0.418 e. The molecule has 42 heavy (non-hydrogen) atoms. The van der Waals surface area contributed by atoms with Gasteiger partial charge in [0.1, 0.15) is 11.4 Å². The molecular weight excluding hydrogens is 549 g/mol. The number of alkyl halides is 3. The van der Waals surface area contributed by atoms with Gasteiger partial charge in [0, 0.05) is 31.7 Å². The smallest absolute Gasteiger partial charge is 0.415 e. The van der Waals surface area contributed by atoms with Crippen molar-refractivity contribution in [1.29, 1.82) is 0 Å². The zero-order chi connectivity index (χ0) is 30.8. The van der Waals surface area contributed by atoms with Crippen LogP contribution < -0.4 is 11.3 Å². The highest BCUT2D eigenvalue weighted by atomic mass is 19.4. The van der Waals surface area contributed by atoms with Gasteiger partial charge in [0.25, 0.3) is 11.5 Å². The minimum absolute atomic E-state index is 0.0174. The lowest BCUT2D eigenvalue weighted by Crippen LogP contribution is -2.50. The Balaban J connectivity index is 1.61. The normalized spacial score (nSPS) is 14.2. The number of pyridine rings is 1. The monoisotopic (exact) mass is 582 g/mol. The first kappa shape index (κ1) is 30.4. The maximum atomic E-state index is 13.8. The van der Waals surface area contributed by atoms with E-state index in [1.54, 1.807) is 24.8 Å². The van der Waals surface area contributed by atoms with E-state index in [4.69, 9.17) is 10.5 Å². The molecule has 0 saturated carbocycles. The van der Waals surface area contributed by atoms with E-state index >= 15 is 0 Å². The standard InChI is InChI=1S/C31H33F3N4O4/c1-5-21(4)42-30(41)37-14-12-36(13-15-37)28(39)23-10-8-22(9-11-23)26-17-25(31(32,33)34)27(35)29(40)38(26)18-24-7-6-19(2)16-20(24)3/h5-11,16-17H,12-15,18,35H2,1-4H3/b21-5-. The number of halogens is 3. The first-order chi connectivity index (χ1) is 19.8. The van der Waals surface area contributed by atoms with Gasteiger partial charge in [-0.15, -0.1) is 0 Å². The van der Waals surface area contributed by atoms with Crippen molar-refractivity contribution < 1.29 is 27.5 Å². The number of anilines is 1. The summed E-state index contributed by atoms with van der Waals surface area (Å²) >= 11 is 0. The molecule has 0 atom stereocenters. The molecule has 2 aromatic carbocycles. The average Bonchev–Trinajstić information content (AvgIpc) is 2.95. The molecule has 222 valence electrons. The Hall–Kier alpha value is -4.54. The molecule has 0 aliphatic carbocycles. The molecule has 1 saturated heterocycles. The Morgan fingerprint density at radius 3 is 2.17 bits per heavy atom. The number of piperazine rings is 1. The van der Waals surface area contributed by atoms with Crippen LogP contribution >= 0.6 is 0 Å². The number of nitrogens with zero attached hydrogens (tertiary/aromatic N) is 3. The van der Waals surface area contributed by atoms with Crippen molar-refractivity contribution in [2.75, 3.05) is 31.9 Å². The van der Waals surface area contributed by atoms with Gasteiger partial charge in [0.2, 0.25) is 0 Å². The number of nitrogen functional groups attached to an aromatic ring is 1. The third-order valence-corrected chi connectivity index (χ3v) is 7.38. The van der Waals surface area contributed by atoms with Crippen LogP contribution in [0.5, 0.6) is 0 Å². The molecule has 2 heterocycles. The SMILES string of the molecule is C/C=C(/C)OC(=O)N1CCN(C(=O)c2ccc(-c3cc(C(F)(F)F)c(N)c(=O)n3Cc3ccc(C)cc3C)cc2)CC1. The first-order valence-electron chi connectivity index (χ1n) is 13.5. The summed E-state index contributed by atoms with van der Waals surface area (Å²) in [7, 11) is 0. The predicted molar refractivity (Wildman–Crippen MR) is 154 cm³/mol. The van der Waals surface area contributed by atoms with Gasteiger partial charge >= 0.3 is 12.3 Å². The third-order valence-electron chi connectivity index (χ3n) is 7.38.